The normalized spacial score (nSPS) is 19.9. The number of rotatable bonds is 5. The lowest BCUT2D eigenvalue weighted by molar-refractivity contribution is 0.123. The molecule has 0 unspecified atom stereocenters. The summed E-state index contributed by atoms with van der Waals surface area (Å²) < 4.78 is 5.95. The molecule has 0 bridgehead atoms. The summed E-state index contributed by atoms with van der Waals surface area (Å²) >= 11 is 0. The molecule has 0 aromatic heterocycles. The maximum atomic E-state index is 11.7. The zero-order valence-electron chi connectivity index (χ0n) is 14.2. The minimum Gasteiger partial charge on any atom is -0.492 e. The quantitative estimate of drug-likeness (QED) is 0.905. The highest BCUT2D eigenvalue weighted by atomic mass is 16.5. The van der Waals surface area contributed by atoms with Gasteiger partial charge in [0.2, 0.25) is 0 Å². The molecular weight excluding hydrogens is 290 g/mol. The monoisotopic (exact) mass is 317 g/mol. The Morgan fingerprint density at radius 2 is 2.00 bits per heavy atom. The number of carbonyl (C=O) groups is 1. The molecule has 2 aliphatic rings. The van der Waals surface area contributed by atoms with Gasteiger partial charge in [-0.1, -0.05) is 12.1 Å². The third-order valence-electron chi connectivity index (χ3n) is 4.90. The summed E-state index contributed by atoms with van der Waals surface area (Å²) in [6.45, 7) is 9.59. The first kappa shape index (κ1) is 16.1. The second-order valence-corrected chi connectivity index (χ2v) is 6.62. The van der Waals surface area contributed by atoms with Crippen molar-refractivity contribution in [3.05, 3.63) is 29.3 Å². The highest BCUT2D eigenvalue weighted by Crippen LogP contribution is 2.20. The molecule has 2 amide bonds. The second-order valence-electron chi connectivity index (χ2n) is 6.62. The van der Waals surface area contributed by atoms with Crippen LogP contribution in [0.25, 0.3) is 0 Å². The standard InChI is InChI=1S/C18H27N3O2/c1-14-3-4-15(2)17(13-14)23-12-11-20-8-5-16(6-9-20)21-10-7-19-18(21)22/h3-4,13,16H,5-12H2,1-2H3,(H,19,22). The van der Waals surface area contributed by atoms with E-state index in [-0.39, 0.29) is 6.03 Å². The van der Waals surface area contributed by atoms with Gasteiger partial charge >= 0.3 is 6.03 Å². The van der Waals surface area contributed by atoms with Gasteiger partial charge in [0, 0.05) is 38.8 Å². The minimum absolute atomic E-state index is 0.113. The van der Waals surface area contributed by atoms with E-state index in [0.717, 1.165) is 57.9 Å². The van der Waals surface area contributed by atoms with Crippen LogP contribution in [0.15, 0.2) is 18.2 Å². The van der Waals surface area contributed by atoms with Gasteiger partial charge < -0.3 is 15.0 Å². The molecule has 0 radical (unpaired) electrons. The van der Waals surface area contributed by atoms with Crippen molar-refractivity contribution in [2.75, 3.05) is 39.3 Å². The zero-order valence-corrected chi connectivity index (χ0v) is 14.2. The number of nitrogens with one attached hydrogen (secondary N) is 1. The first-order valence-corrected chi connectivity index (χ1v) is 8.60. The van der Waals surface area contributed by atoms with Crippen LogP contribution in [0.2, 0.25) is 0 Å². The molecule has 23 heavy (non-hydrogen) atoms. The lowest BCUT2D eigenvalue weighted by atomic mass is 10.0. The smallest absolute Gasteiger partial charge is 0.317 e. The van der Waals surface area contributed by atoms with Crippen LogP contribution in [0.3, 0.4) is 0 Å². The SMILES string of the molecule is Cc1ccc(C)c(OCCN2CCC(N3CCNC3=O)CC2)c1. The summed E-state index contributed by atoms with van der Waals surface area (Å²) in [5, 5.41) is 2.89. The third kappa shape index (κ3) is 3.96. The molecule has 2 heterocycles. The number of benzene rings is 1. The van der Waals surface area contributed by atoms with E-state index in [9.17, 15) is 4.79 Å². The highest BCUT2D eigenvalue weighted by molar-refractivity contribution is 5.76. The maximum Gasteiger partial charge on any atom is 0.317 e. The van der Waals surface area contributed by atoms with Crippen molar-refractivity contribution >= 4 is 6.03 Å². The van der Waals surface area contributed by atoms with Gasteiger partial charge in [0.05, 0.1) is 0 Å². The van der Waals surface area contributed by atoms with Gasteiger partial charge in [-0.25, -0.2) is 4.79 Å². The van der Waals surface area contributed by atoms with Crippen LogP contribution in [-0.2, 0) is 0 Å². The van der Waals surface area contributed by atoms with Gasteiger partial charge in [0.15, 0.2) is 0 Å². The Bertz CT molecular complexity index is 553. The maximum absolute atomic E-state index is 11.7. The van der Waals surface area contributed by atoms with E-state index in [1.165, 1.54) is 11.1 Å². The van der Waals surface area contributed by atoms with Crippen molar-refractivity contribution in [2.45, 2.75) is 32.7 Å². The first-order chi connectivity index (χ1) is 11.1. The predicted molar refractivity (Wildman–Crippen MR) is 91.0 cm³/mol. The molecule has 5 heteroatoms. The molecule has 3 rings (SSSR count). The van der Waals surface area contributed by atoms with Crippen molar-refractivity contribution in [2.24, 2.45) is 0 Å². The molecule has 126 valence electrons. The Labute approximate surface area is 138 Å². The van der Waals surface area contributed by atoms with E-state index in [1.807, 2.05) is 4.90 Å². The van der Waals surface area contributed by atoms with Gasteiger partial charge in [0.1, 0.15) is 12.4 Å². The van der Waals surface area contributed by atoms with Crippen LogP contribution in [0.5, 0.6) is 5.75 Å². The van der Waals surface area contributed by atoms with Crippen LogP contribution in [0.1, 0.15) is 24.0 Å². The van der Waals surface area contributed by atoms with Crippen LogP contribution in [0, 0.1) is 13.8 Å². The Kier molecular flexibility index (Phi) is 5.06. The summed E-state index contributed by atoms with van der Waals surface area (Å²) in [4.78, 5) is 16.2. The molecular formula is C18H27N3O2. The van der Waals surface area contributed by atoms with Crippen molar-refractivity contribution in [1.82, 2.24) is 15.1 Å². The van der Waals surface area contributed by atoms with E-state index < -0.39 is 0 Å². The molecule has 1 aromatic carbocycles. The summed E-state index contributed by atoms with van der Waals surface area (Å²) in [5.41, 5.74) is 2.42. The minimum atomic E-state index is 0.113. The fourth-order valence-corrected chi connectivity index (χ4v) is 3.44. The fraction of sp³-hybridized carbons (Fsp3) is 0.611. The van der Waals surface area contributed by atoms with E-state index in [1.54, 1.807) is 0 Å². The molecule has 1 N–H and O–H groups in total. The Morgan fingerprint density at radius 3 is 2.70 bits per heavy atom. The number of piperidine rings is 1. The van der Waals surface area contributed by atoms with Gasteiger partial charge in [-0.3, -0.25) is 4.90 Å². The molecule has 2 saturated heterocycles. The largest absolute Gasteiger partial charge is 0.492 e. The number of aryl methyl sites for hydroxylation is 2. The van der Waals surface area contributed by atoms with Crippen molar-refractivity contribution in [3.8, 4) is 5.75 Å². The number of hydrogen-bond donors (Lipinski definition) is 1. The number of ether oxygens (including phenoxy) is 1. The van der Waals surface area contributed by atoms with Crippen molar-refractivity contribution < 1.29 is 9.53 Å². The molecule has 5 nitrogen and oxygen atoms in total. The average molecular weight is 317 g/mol. The number of hydrogen-bond acceptors (Lipinski definition) is 3. The van der Waals surface area contributed by atoms with Crippen molar-refractivity contribution in [1.29, 1.82) is 0 Å². The Hall–Kier alpha value is -1.75. The van der Waals surface area contributed by atoms with E-state index in [4.69, 9.17) is 4.74 Å². The summed E-state index contributed by atoms with van der Waals surface area (Å²) in [5.74, 6) is 0.994. The van der Waals surface area contributed by atoms with Crippen molar-refractivity contribution in [3.63, 3.8) is 0 Å². The van der Waals surface area contributed by atoms with Crippen LogP contribution in [-0.4, -0.2) is 61.2 Å². The zero-order chi connectivity index (χ0) is 16.2. The van der Waals surface area contributed by atoms with Gasteiger partial charge in [-0.05, 0) is 43.9 Å². The Balaban J connectivity index is 1.41. The number of carbonyl (C=O) groups excluding carboxylic acids is 1. The average Bonchev–Trinajstić information content (AvgIpc) is 2.97. The second kappa shape index (κ2) is 7.21. The van der Waals surface area contributed by atoms with Crippen LogP contribution in [0.4, 0.5) is 4.79 Å². The van der Waals surface area contributed by atoms with Crippen LogP contribution < -0.4 is 10.1 Å². The molecule has 2 aliphatic heterocycles. The molecule has 0 atom stereocenters. The molecule has 1 aromatic rings. The van der Waals surface area contributed by atoms with Crippen LogP contribution >= 0.6 is 0 Å². The topological polar surface area (TPSA) is 44.8 Å². The summed E-state index contributed by atoms with van der Waals surface area (Å²) in [6, 6.07) is 6.85. The number of nitrogens with zero attached hydrogens (tertiary/aromatic N) is 2. The summed E-state index contributed by atoms with van der Waals surface area (Å²) in [6.07, 6.45) is 2.13. The molecule has 2 fully saturated rings. The lowest BCUT2D eigenvalue weighted by Crippen LogP contribution is -2.46. The van der Waals surface area contributed by atoms with Gasteiger partial charge in [-0.2, -0.15) is 0 Å². The number of amides is 2. The highest BCUT2D eigenvalue weighted by Gasteiger charge is 2.30. The summed E-state index contributed by atoms with van der Waals surface area (Å²) in [7, 11) is 0. The van der Waals surface area contributed by atoms with E-state index in [2.05, 4.69) is 42.3 Å². The molecule has 0 spiro atoms. The van der Waals surface area contributed by atoms with E-state index >= 15 is 0 Å². The molecule has 0 saturated carbocycles. The number of likely N-dealkylation sites (tertiary alicyclic amines) is 1. The predicted octanol–water partition coefficient (Wildman–Crippen LogP) is 2.17. The molecule has 0 aliphatic carbocycles. The third-order valence-corrected chi connectivity index (χ3v) is 4.90. The van der Waals surface area contributed by atoms with Gasteiger partial charge in [-0.15, -0.1) is 0 Å². The van der Waals surface area contributed by atoms with Gasteiger partial charge in [0.25, 0.3) is 0 Å². The fourth-order valence-electron chi connectivity index (χ4n) is 3.44. The first-order valence-electron chi connectivity index (χ1n) is 8.60. The Morgan fingerprint density at radius 1 is 1.22 bits per heavy atom. The number of urea groups is 1. The lowest BCUT2D eigenvalue weighted by Gasteiger charge is -2.36. The van der Waals surface area contributed by atoms with E-state index in [0.29, 0.717) is 6.04 Å².